The van der Waals surface area contributed by atoms with Crippen molar-refractivity contribution < 1.29 is 33.4 Å². The van der Waals surface area contributed by atoms with Crippen LogP contribution >= 0.6 is 22.9 Å². The zero-order valence-corrected chi connectivity index (χ0v) is 28.5. The normalized spacial score (nSPS) is 27.3. The molecule has 8 nitrogen and oxygen atoms in total. The summed E-state index contributed by atoms with van der Waals surface area (Å²) in [6.07, 6.45) is 2.38. The van der Waals surface area contributed by atoms with Crippen LogP contribution in [0.15, 0.2) is 95.9 Å². The summed E-state index contributed by atoms with van der Waals surface area (Å²) in [5.74, 6) is -5.52. The second-order valence-electron chi connectivity index (χ2n) is 13.6. The summed E-state index contributed by atoms with van der Waals surface area (Å²) in [6, 6.07) is 22.0. The van der Waals surface area contributed by atoms with E-state index in [9.17, 15) is 28.7 Å². The number of ether oxygens (including phenoxy) is 1. The predicted molar refractivity (Wildman–Crippen MR) is 185 cm³/mol. The first-order chi connectivity index (χ1) is 24.1. The molecule has 2 aliphatic heterocycles. The van der Waals surface area contributed by atoms with Crippen LogP contribution in [0.2, 0.25) is 5.02 Å². The fourth-order valence-corrected chi connectivity index (χ4v) is 9.47. The number of thiophene rings is 1. The van der Waals surface area contributed by atoms with Crippen molar-refractivity contribution in [2.24, 2.45) is 29.1 Å². The van der Waals surface area contributed by atoms with E-state index in [0.29, 0.717) is 11.3 Å². The molecule has 254 valence electrons. The van der Waals surface area contributed by atoms with E-state index in [4.69, 9.17) is 16.3 Å². The maximum atomic E-state index is 14.6. The number of aromatic hydroxyl groups is 1. The number of imide groups is 2. The summed E-state index contributed by atoms with van der Waals surface area (Å²) < 4.78 is 20.2. The molecule has 3 heterocycles. The Morgan fingerprint density at radius 3 is 2.48 bits per heavy atom. The van der Waals surface area contributed by atoms with Crippen molar-refractivity contribution in [2.45, 2.75) is 38.8 Å². The van der Waals surface area contributed by atoms with Gasteiger partial charge in [-0.2, -0.15) is 0 Å². The number of rotatable bonds is 7. The molecule has 3 aromatic carbocycles. The van der Waals surface area contributed by atoms with E-state index in [1.807, 2.05) is 53.9 Å². The van der Waals surface area contributed by atoms with Gasteiger partial charge >= 0.3 is 0 Å². The van der Waals surface area contributed by atoms with E-state index >= 15 is 0 Å². The topological polar surface area (TPSA) is 104 Å². The molecule has 0 bridgehead atoms. The summed E-state index contributed by atoms with van der Waals surface area (Å²) in [6.45, 7) is 2.18. The number of halogens is 2. The van der Waals surface area contributed by atoms with E-state index in [1.165, 1.54) is 34.4 Å². The molecule has 0 radical (unpaired) electrons. The molecule has 4 aliphatic rings. The fraction of sp³-hybridized carbons (Fsp3) is 0.282. The van der Waals surface area contributed by atoms with E-state index in [2.05, 4.69) is 0 Å². The van der Waals surface area contributed by atoms with E-state index in [-0.39, 0.29) is 54.3 Å². The number of fused-ring (bicyclic) bond motifs is 4. The minimum absolute atomic E-state index is 0.124. The van der Waals surface area contributed by atoms with Crippen molar-refractivity contribution in [3.63, 3.8) is 0 Å². The summed E-state index contributed by atoms with van der Waals surface area (Å²) in [5.41, 5.74) is 0.852. The van der Waals surface area contributed by atoms with Gasteiger partial charge in [0.2, 0.25) is 23.6 Å². The van der Waals surface area contributed by atoms with Gasteiger partial charge in [-0.15, -0.1) is 11.3 Å². The number of likely N-dealkylation sites (tertiary alicyclic amines) is 1. The first-order valence-electron chi connectivity index (χ1n) is 16.5. The van der Waals surface area contributed by atoms with Crippen LogP contribution in [-0.2, 0) is 32.3 Å². The standard InChI is InChI=1S/C39H32ClFN2O6S/c1-39-29(36(46)43(38(39)48)22-9-14-31(41)30(40)16-22)18-28-25(12-13-27-33(28)37(47)42(35(27)45)19-24-8-5-15-50-24)34(39)26-11-10-23(17-32(26)44)49-20-21-6-3-2-4-7-21/h2-12,14-17,27-29,33-34,44H,13,18-20H2,1H3. The van der Waals surface area contributed by atoms with Crippen LogP contribution in [0.5, 0.6) is 11.5 Å². The van der Waals surface area contributed by atoms with Crippen LogP contribution in [0.25, 0.3) is 0 Å². The number of nitrogens with zero attached hydrogens (tertiary/aromatic N) is 2. The second kappa shape index (κ2) is 12.2. The van der Waals surface area contributed by atoms with Crippen LogP contribution in [-0.4, -0.2) is 33.6 Å². The molecule has 6 unspecified atom stereocenters. The number of amides is 4. The van der Waals surface area contributed by atoms with Crippen molar-refractivity contribution >= 4 is 52.3 Å². The van der Waals surface area contributed by atoms with Gasteiger partial charge in [0.1, 0.15) is 23.9 Å². The first kappa shape index (κ1) is 32.4. The van der Waals surface area contributed by atoms with Gasteiger partial charge in [0.15, 0.2) is 0 Å². The lowest BCUT2D eigenvalue weighted by Crippen LogP contribution is -2.48. The third-order valence-corrected chi connectivity index (χ3v) is 12.1. The zero-order valence-electron chi connectivity index (χ0n) is 26.9. The average molecular weight is 711 g/mol. The average Bonchev–Trinajstić information content (AvgIpc) is 3.77. The molecular weight excluding hydrogens is 679 g/mol. The minimum Gasteiger partial charge on any atom is -0.508 e. The van der Waals surface area contributed by atoms with Gasteiger partial charge in [-0.05, 0) is 67.0 Å². The molecule has 4 aromatic rings. The molecule has 1 saturated carbocycles. The van der Waals surface area contributed by atoms with Gasteiger partial charge in [0, 0.05) is 22.4 Å². The van der Waals surface area contributed by atoms with Gasteiger partial charge in [-0.25, -0.2) is 9.29 Å². The predicted octanol–water partition coefficient (Wildman–Crippen LogP) is 7.26. The fourth-order valence-electron chi connectivity index (χ4n) is 8.61. The molecule has 2 aliphatic carbocycles. The highest BCUT2D eigenvalue weighted by molar-refractivity contribution is 7.09. The first-order valence-corrected chi connectivity index (χ1v) is 17.7. The Morgan fingerprint density at radius 2 is 1.76 bits per heavy atom. The number of carbonyl (C=O) groups is 4. The summed E-state index contributed by atoms with van der Waals surface area (Å²) in [4.78, 5) is 60.2. The van der Waals surface area contributed by atoms with Crippen molar-refractivity contribution in [3.05, 3.63) is 123 Å². The number of hydrogen-bond donors (Lipinski definition) is 1. The van der Waals surface area contributed by atoms with Crippen LogP contribution < -0.4 is 9.64 Å². The van der Waals surface area contributed by atoms with Crippen LogP contribution in [0.3, 0.4) is 0 Å². The summed E-state index contributed by atoms with van der Waals surface area (Å²) >= 11 is 7.57. The number of phenolic OH excluding ortho intramolecular Hbond substituents is 1. The quantitative estimate of drug-likeness (QED) is 0.160. The van der Waals surface area contributed by atoms with Crippen LogP contribution in [0.1, 0.15) is 41.7 Å². The van der Waals surface area contributed by atoms with Gasteiger partial charge in [0.25, 0.3) is 0 Å². The Kier molecular flexibility index (Phi) is 7.91. The van der Waals surface area contributed by atoms with E-state index in [0.717, 1.165) is 27.0 Å². The number of benzene rings is 3. The van der Waals surface area contributed by atoms with Gasteiger partial charge < -0.3 is 9.84 Å². The summed E-state index contributed by atoms with van der Waals surface area (Å²) in [5, 5.41) is 13.3. The van der Waals surface area contributed by atoms with Crippen LogP contribution in [0, 0.1) is 34.9 Å². The lowest BCUT2D eigenvalue weighted by atomic mass is 9.51. The third kappa shape index (κ3) is 4.99. The van der Waals surface area contributed by atoms with Crippen LogP contribution in [0.4, 0.5) is 10.1 Å². The molecular formula is C39H32ClFN2O6S. The number of allylic oxidation sites excluding steroid dienone is 2. The molecule has 1 aromatic heterocycles. The Labute approximate surface area is 296 Å². The zero-order chi connectivity index (χ0) is 34.9. The van der Waals surface area contributed by atoms with E-state index < -0.39 is 52.6 Å². The Morgan fingerprint density at radius 1 is 0.960 bits per heavy atom. The molecule has 1 N–H and O–H groups in total. The van der Waals surface area contributed by atoms with Crippen molar-refractivity contribution in [2.75, 3.05) is 4.90 Å². The van der Waals surface area contributed by atoms with E-state index in [1.54, 1.807) is 19.1 Å². The number of carbonyl (C=O) groups excluding carboxylic acids is 4. The van der Waals surface area contributed by atoms with Gasteiger partial charge in [-0.1, -0.05) is 65.7 Å². The maximum Gasteiger partial charge on any atom is 0.241 e. The molecule has 4 amide bonds. The molecule has 50 heavy (non-hydrogen) atoms. The highest BCUT2D eigenvalue weighted by Crippen LogP contribution is 2.64. The Bertz CT molecular complexity index is 2090. The molecule has 11 heteroatoms. The Hall–Kier alpha value is -4.80. The molecule has 0 spiro atoms. The highest BCUT2D eigenvalue weighted by atomic mass is 35.5. The third-order valence-electron chi connectivity index (χ3n) is 11.0. The SMILES string of the molecule is CC12C(=O)N(c3ccc(F)c(Cl)c3)C(=O)C1CC1C(=CCC3C(=O)N(Cc4cccs4)C(=O)C31)C2c1ccc(OCc2ccccc2)cc1O. The van der Waals surface area contributed by atoms with Crippen molar-refractivity contribution in [1.29, 1.82) is 0 Å². The minimum atomic E-state index is -1.39. The van der Waals surface area contributed by atoms with Gasteiger partial charge in [-0.3, -0.25) is 24.1 Å². The number of phenols is 1. The highest BCUT2D eigenvalue weighted by Gasteiger charge is 2.68. The summed E-state index contributed by atoms with van der Waals surface area (Å²) in [7, 11) is 0. The molecule has 2 saturated heterocycles. The lowest BCUT2D eigenvalue weighted by molar-refractivity contribution is -0.141. The van der Waals surface area contributed by atoms with Gasteiger partial charge in [0.05, 0.1) is 40.4 Å². The molecule has 8 rings (SSSR count). The molecule has 6 atom stereocenters. The molecule has 3 fully saturated rings. The smallest absolute Gasteiger partial charge is 0.241 e. The monoisotopic (exact) mass is 710 g/mol. The second-order valence-corrected chi connectivity index (χ2v) is 15.0. The lowest BCUT2D eigenvalue weighted by Gasteiger charge is -2.49. The Balaban J connectivity index is 1.21. The number of hydrogen-bond acceptors (Lipinski definition) is 7. The maximum absolute atomic E-state index is 14.6. The largest absolute Gasteiger partial charge is 0.508 e. The number of anilines is 1. The van der Waals surface area contributed by atoms with Crippen molar-refractivity contribution in [1.82, 2.24) is 4.90 Å². The van der Waals surface area contributed by atoms with Crippen molar-refractivity contribution in [3.8, 4) is 11.5 Å².